The highest BCUT2D eigenvalue weighted by atomic mass is 32.1. The average molecular weight is 346 g/mol. The molecule has 2 aromatic rings. The van der Waals surface area contributed by atoms with Crippen LogP contribution in [0, 0.1) is 0 Å². The summed E-state index contributed by atoms with van der Waals surface area (Å²) in [5.74, 6) is -1.90. The number of carboxylic acid groups (broad SMARTS) is 1. The SMILES string of the molecule is CC(=O)OC(C)(C(=O)O)c1ccc2c(c1)C(=O)c1sccc1CO2. The summed E-state index contributed by atoms with van der Waals surface area (Å²) in [5.41, 5.74) is -0.635. The van der Waals surface area contributed by atoms with Gasteiger partial charge in [-0.05, 0) is 30.5 Å². The number of hydrogen-bond donors (Lipinski definition) is 1. The molecule has 3 rings (SSSR count). The summed E-state index contributed by atoms with van der Waals surface area (Å²) in [6, 6.07) is 6.26. The predicted molar refractivity (Wildman–Crippen MR) is 85.3 cm³/mol. The highest BCUT2D eigenvalue weighted by Gasteiger charge is 2.40. The molecule has 0 saturated heterocycles. The highest BCUT2D eigenvalue weighted by molar-refractivity contribution is 7.12. The molecular weight excluding hydrogens is 332 g/mol. The molecule has 1 aliphatic rings. The van der Waals surface area contributed by atoms with Gasteiger partial charge in [0.15, 0.2) is 0 Å². The van der Waals surface area contributed by atoms with Crippen molar-refractivity contribution in [2.24, 2.45) is 0 Å². The lowest BCUT2D eigenvalue weighted by Crippen LogP contribution is -2.37. The van der Waals surface area contributed by atoms with Crippen molar-refractivity contribution >= 4 is 29.1 Å². The van der Waals surface area contributed by atoms with E-state index in [0.717, 1.165) is 12.5 Å². The number of rotatable bonds is 3. The third kappa shape index (κ3) is 2.56. The van der Waals surface area contributed by atoms with Crippen LogP contribution in [0.1, 0.15) is 40.2 Å². The quantitative estimate of drug-likeness (QED) is 0.860. The van der Waals surface area contributed by atoms with Crippen LogP contribution < -0.4 is 4.74 Å². The van der Waals surface area contributed by atoms with Gasteiger partial charge in [-0.15, -0.1) is 11.3 Å². The van der Waals surface area contributed by atoms with E-state index >= 15 is 0 Å². The largest absolute Gasteiger partial charge is 0.488 e. The minimum atomic E-state index is -1.88. The molecule has 1 aromatic carbocycles. The van der Waals surface area contributed by atoms with Crippen LogP contribution in [-0.2, 0) is 26.5 Å². The number of ketones is 1. The predicted octanol–water partition coefficient (Wildman–Crippen LogP) is 2.73. The van der Waals surface area contributed by atoms with E-state index in [9.17, 15) is 19.5 Å². The molecule has 2 heterocycles. The minimum absolute atomic E-state index is 0.195. The topological polar surface area (TPSA) is 89.9 Å². The molecule has 0 aliphatic carbocycles. The van der Waals surface area contributed by atoms with E-state index in [4.69, 9.17) is 9.47 Å². The zero-order valence-corrected chi connectivity index (χ0v) is 13.8. The van der Waals surface area contributed by atoms with Gasteiger partial charge in [0.05, 0.1) is 10.4 Å². The number of fused-ring (bicyclic) bond motifs is 2. The summed E-state index contributed by atoms with van der Waals surface area (Å²) in [6.45, 7) is 2.69. The summed E-state index contributed by atoms with van der Waals surface area (Å²) in [5, 5.41) is 11.3. The second kappa shape index (κ2) is 5.76. The number of aliphatic carboxylic acids is 1. The first-order valence-electron chi connectivity index (χ1n) is 7.14. The first-order valence-corrected chi connectivity index (χ1v) is 8.02. The lowest BCUT2D eigenvalue weighted by molar-refractivity contribution is -0.176. The number of benzene rings is 1. The third-order valence-electron chi connectivity index (χ3n) is 3.87. The Morgan fingerprint density at radius 2 is 2.08 bits per heavy atom. The van der Waals surface area contributed by atoms with E-state index in [1.165, 1.54) is 36.5 Å². The maximum atomic E-state index is 12.7. The molecule has 0 bridgehead atoms. The van der Waals surface area contributed by atoms with Crippen molar-refractivity contribution in [2.75, 3.05) is 0 Å². The Morgan fingerprint density at radius 3 is 2.75 bits per heavy atom. The second-order valence-electron chi connectivity index (χ2n) is 5.54. The van der Waals surface area contributed by atoms with Crippen LogP contribution in [0.2, 0.25) is 0 Å². The second-order valence-corrected chi connectivity index (χ2v) is 6.45. The number of ether oxygens (including phenoxy) is 2. The Balaban J connectivity index is 2.12. The van der Waals surface area contributed by atoms with E-state index in [1.807, 2.05) is 6.07 Å². The van der Waals surface area contributed by atoms with Crippen LogP contribution in [0.4, 0.5) is 0 Å². The van der Waals surface area contributed by atoms with Crippen molar-refractivity contribution in [1.29, 1.82) is 0 Å². The number of esters is 1. The van der Waals surface area contributed by atoms with Gasteiger partial charge >= 0.3 is 11.9 Å². The Labute approximate surface area is 141 Å². The molecule has 1 aliphatic heterocycles. The monoisotopic (exact) mass is 346 g/mol. The number of carbonyl (C=O) groups is 3. The van der Waals surface area contributed by atoms with E-state index in [-0.39, 0.29) is 23.5 Å². The molecule has 1 unspecified atom stereocenters. The lowest BCUT2D eigenvalue weighted by atomic mass is 9.92. The molecule has 0 spiro atoms. The van der Waals surface area contributed by atoms with Gasteiger partial charge in [0.25, 0.3) is 0 Å². The number of carbonyl (C=O) groups excluding carboxylic acids is 2. The summed E-state index contributed by atoms with van der Waals surface area (Å²) in [6.07, 6.45) is 0. The molecule has 1 aromatic heterocycles. The molecule has 7 heteroatoms. The fourth-order valence-electron chi connectivity index (χ4n) is 2.57. The van der Waals surface area contributed by atoms with Crippen LogP contribution in [0.5, 0.6) is 5.75 Å². The molecular formula is C17H14O6S. The first kappa shape index (κ1) is 16.2. The molecule has 0 amide bonds. The van der Waals surface area contributed by atoms with Gasteiger partial charge in [0.2, 0.25) is 11.4 Å². The van der Waals surface area contributed by atoms with Gasteiger partial charge in [-0.2, -0.15) is 0 Å². The fourth-order valence-corrected chi connectivity index (χ4v) is 3.43. The van der Waals surface area contributed by atoms with E-state index in [2.05, 4.69) is 0 Å². The molecule has 1 N–H and O–H groups in total. The standard InChI is InChI=1S/C17H14O6S/c1-9(18)23-17(2,16(20)21)11-3-4-13-12(7-11)14(19)15-10(8-22-13)5-6-24-15/h3-7H,8H2,1-2H3,(H,20,21). The van der Waals surface area contributed by atoms with Gasteiger partial charge in [0.1, 0.15) is 12.4 Å². The zero-order valence-electron chi connectivity index (χ0n) is 13.0. The van der Waals surface area contributed by atoms with E-state index in [1.54, 1.807) is 5.38 Å². The normalized spacial score (nSPS) is 15.3. The summed E-state index contributed by atoms with van der Waals surface area (Å²) in [7, 11) is 0. The van der Waals surface area contributed by atoms with Crippen molar-refractivity contribution in [3.8, 4) is 5.75 Å². The maximum absolute atomic E-state index is 12.7. The van der Waals surface area contributed by atoms with Crippen LogP contribution in [0.3, 0.4) is 0 Å². The lowest BCUT2D eigenvalue weighted by Gasteiger charge is -2.25. The van der Waals surface area contributed by atoms with Crippen LogP contribution in [-0.4, -0.2) is 22.8 Å². The zero-order chi connectivity index (χ0) is 17.5. The summed E-state index contributed by atoms with van der Waals surface area (Å²) < 4.78 is 10.7. The molecule has 0 saturated carbocycles. The van der Waals surface area contributed by atoms with Gasteiger partial charge in [-0.25, -0.2) is 4.79 Å². The molecule has 124 valence electrons. The van der Waals surface area contributed by atoms with Crippen molar-refractivity contribution in [3.63, 3.8) is 0 Å². The summed E-state index contributed by atoms with van der Waals surface area (Å²) >= 11 is 1.31. The van der Waals surface area contributed by atoms with Gasteiger partial charge < -0.3 is 14.6 Å². The van der Waals surface area contributed by atoms with Gasteiger partial charge in [-0.3, -0.25) is 9.59 Å². The smallest absolute Gasteiger partial charge is 0.352 e. The molecule has 6 nitrogen and oxygen atoms in total. The molecule has 0 fully saturated rings. The average Bonchev–Trinajstić information content (AvgIpc) is 2.95. The molecule has 1 atom stereocenters. The Morgan fingerprint density at radius 1 is 1.33 bits per heavy atom. The molecule has 24 heavy (non-hydrogen) atoms. The van der Waals surface area contributed by atoms with E-state index < -0.39 is 17.5 Å². The van der Waals surface area contributed by atoms with Crippen LogP contribution >= 0.6 is 11.3 Å². The minimum Gasteiger partial charge on any atom is -0.488 e. The highest BCUT2D eigenvalue weighted by Crippen LogP contribution is 2.35. The van der Waals surface area contributed by atoms with Crippen LogP contribution in [0.15, 0.2) is 29.6 Å². The fraction of sp³-hybridized carbons (Fsp3) is 0.235. The number of hydrogen-bond acceptors (Lipinski definition) is 6. The Kier molecular flexibility index (Phi) is 3.88. The first-order chi connectivity index (χ1) is 11.3. The van der Waals surface area contributed by atoms with Crippen LogP contribution in [0.25, 0.3) is 0 Å². The van der Waals surface area contributed by atoms with Gasteiger partial charge in [0, 0.05) is 18.1 Å². The maximum Gasteiger partial charge on any atom is 0.352 e. The number of carboxylic acids is 1. The Hall–Kier alpha value is -2.67. The van der Waals surface area contributed by atoms with Crippen molar-refractivity contribution in [3.05, 3.63) is 51.2 Å². The van der Waals surface area contributed by atoms with Crippen molar-refractivity contribution in [1.82, 2.24) is 0 Å². The van der Waals surface area contributed by atoms with Crippen molar-refractivity contribution in [2.45, 2.75) is 26.1 Å². The van der Waals surface area contributed by atoms with Crippen molar-refractivity contribution < 1.29 is 29.0 Å². The molecule has 0 radical (unpaired) electrons. The Bertz CT molecular complexity index is 853. The third-order valence-corrected chi connectivity index (χ3v) is 4.82. The van der Waals surface area contributed by atoms with E-state index in [0.29, 0.717) is 10.6 Å². The van der Waals surface area contributed by atoms with Gasteiger partial charge in [-0.1, -0.05) is 6.07 Å². The summed E-state index contributed by atoms with van der Waals surface area (Å²) in [4.78, 5) is 36.2. The number of thiophene rings is 1.